The molecule has 2 rings (SSSR count). The van der Waals surface area contributed by atoms with Crippen LogP contribution in [0.3, 0.4) is 0 Å². The van der Waals surface area contributed by atoms with Gasteiger partial charge in [-0.3, -0.25) is 0 Å². The summed E-state index contributed by atoms with van der Waals surface area (Å²) in [5.74, 6) is -1.68. The molecule has 0 radical (unpaired) electrons. The Morgan fingerprint density at radius 1 is 1.41 bits per heavy atom. The van der Waals surface area contributed by atoms with Gasteiger partial charge in [0.2, 0.25) is 6.43 Å². The van der Waals surface area contributed by atoms with Crippen LogP contribution in [0.4, 0.5) is 14.5 Å². The molecule has 0 bridgehead atoms. The molecular weight excluding hydrogens is 228 g/mol. The zero-order valence-corrected chi connectivity index (χ0v) is 9.14. The van der Waals surface area contributed by atoms with E-state index in [0.29, 0.717) is 18.7 Å². The molecule has 1 aromatic rings. The van der Waals surface area contributed by atoms with E-state index in [0.717, 1.165) is 0 Å². The van der Waals surface area contributed by atoms with Gasteiger partial charge >= 0.3 is 5.97 Å². The van der Waals surface area contributed by atoms with E-state index in [1.165, 1.54) is 6.07 Å². The Morgan fingerprint density at radius 2 is 2.12 bits per heavy atom. The number of aromatic carboxylic acids is 1. The molecule has 0 saturated carbocycles. The number of benzene rings is 1. The lowest BCUT2D eigenvalue weighted by Gasteiger charge is -2.20. The second-order valence-corrected chi connectivity index (χ2v) is 4.15. The maximum Gasteiger partial charge on any atom is 0.337 e. The van der Waals surface area contributed by atoms with Crippen LogP contribution in [0.25, 0.3) is 0 Å². The molecule has 0 amide bonds. The molecule has 5 heteroatoms. The first-order valence-electron chi connectivity index (χ1n) is 5.45. The third kappa shape index (κ3) is 2.38. The van der Waals surface area contributed by atoms with E-state index in [1.807, 2.05) is 0 Å². The van der Waals surface area contributed by atoms with Gasteiger partial charge in [0, 0.05) is 19.0 Å². The quantitative estimate of drug-likeness (QED) is 0.883. The summed E-state index contributed by atoms with van der Waals surface area (Å²) in [6.07, 6.45) is -1.93. The maximum absolute atomic E-state index is 12.5. The Morgan fingerprint density at radius 3 is 2.71 bits per heavy atom. The Bertz CT molecular complexity index is 423. The molecule has 1 aliphatic rings. The number of halogens is 2. The highest BCUT2D eigenvalue weighted by Crippen LogP contribution is 2.29. The Hall–Kier alpha value is -1.65. The molecule has 0 unspecified atom stereocenters. The highest BCUT2D eigenvalue weighted by atomic mass is 19.3. The topological polar surface area (TPSA) is 40.5 Å². The summed E-state index contributed by atoms with van der Waals surface area (Å²) < 4.78 is 25.1. The van der Waals surface area contributed by atoms with Crippen LogP contribution in [-0.2, 0) is 0 Å². The van der Waals surface area contributed by atoms with Crippen molar-refractivity contribution in [3.05, 3.63) is 29.8 Å². The van der Waals surface area contributed by atoms with Crippen molar-refractivity contribution in [3.63, 3.8) is 0 Å². The van der Waals surface area contributed by atoms with Crippen LogP contribution in [-0.4, -0.2) is 30.6 Å². The van der Waals surface area contributed by atoms with Crippen molar-refractivity contribution >= 4 is 11.7 Å². The minimum Gasteiger partial charge on any atom is -0.478 e. The molecule has 0 aliphatic carbocycles. The van der Waals surface area contributed by atoms with Gasteiger partial charge in [-0.1, -0.05) is 12.1 Å². The Labute approximate surface area is 97.7 Å². The number of nitrogens with zero attached hydrogens (tertiary/aromatic N) is 1. The third-order valence-corrected chi connectivity index (χ3v) is 3.06. The van der Waals surface area contributed by atoms with Gasteiger partial charge in [-0.15, -0.1) is 0 Å². The van der Waals surface area contributed by atoms with E-state index < -0.39 is 18.3 Å². The maximum atomic E-state index is 12.5. The van der Waals surface area contributed by atoms with Gasteiger partial charge in [-0.25, -0.2) is 13.6 Å². The Balaban J connectivity index is 2.21. The number of para-hydroxylation sites is 1. The van der Waals surface area contributed by atoms with Gasteiger partial charge in [-0.05, 0) is 18.6 Å². The van der Waals surface area contributed by atoms with Crippen molar-refractivity contribution in [1.29, 1.82) is 0 Å². The predicted molar refractivity (Wildman–Crippen MR) is 59.7 cm³/mol. The van der Waals surface area contributed by atoms with Crippen molar-refractivity contribution in [2.45, 2.75) is 12.8 Å². The average Bonchev–Trinajstić information content (AvgIpc) is 2.78. The monoisotopic (exact) mass is 241 g/mol. The molecule has 1 aliphatic heterocycles. The molecule has 1 heterocycles. The van der Waals surface area contributed by atoms with Crippen LogP contribution in [0, 0.1) is 5.92 Å². The molecule has 0 aromatic heterocycles. The largest absolute Gasteiger partial charge is 0.478 e. The number of carbonyl (C=O) groups is 1. The van der Waals surface area contributed by atoms with E-state index in [2.05, 4.69) is 0 Å². The zero-order valence-electron chi connectivity index (χ0n) is 9.14. The third-order valence-electron chi connectivity index (χ3n) is 3.06. The molecule has 3 nitrogen and oxygen atoms in total. The molecule has 1 saturated heterocycles. The van der Waals surface area contributed by atoms with Gasteiger partial charge < -0.3 is 10.0 Å². The van der Waals surface area contributed by atoms with Crippen LogP contribution < -0.4 is 4.90 Å². The lowest BCUT2D eigenvalue weighted by Crippen LogP contribution is -2.23. The highest BCUT2D eigenvalue weighted by molar-refractivity contribution is 5.94. The highest BCUT2D eigenvalue weighted by Gasteiger charge is 2.31. The van der Waals surface area contributed by atoms with Crippen LogP contribution in [0.5, 0.6) is 0 Å². The summed E-state index contributed by atoms with van der Waals surface area (Å²) in [6, 6.07) is 6.51. The van der Waals surface area contributed by atoms with E-state index in [-0.39, 0.29) is 12.1 Å². The molecular formula is C12H13F2NO2. The number of hydrogen-bond donors (Lipinski definition) is 1. The predicted octanol–water partition coefficient (Wildman–Crippen LogP) is 2.48. The smallest absolute Gasteiger partial charge is 0.337 e. The SMILES string of the molecule is O=C(O)c1ccccc1N1CC[C@H](C(F)F)C1. The van der Waals surface area contributed by atoms with Gasteiger partial charge in [-0.2, -0.15) is 0 Å². The number of hydrogen-bond acceptors (Lipinski definition) is 2. The van der Waals surface area contributed by atoms with Crippen molar-refractivity contribution < 1.29 is 18.7 Å². The molecule has 0 spiro atoms. The average molecular weight is 241 g/mol. The summed E-state index contributed by atoms with van der Waals surface area (Å²) in [5, 5.41) is 9.03. The lowest BCUT2D eigenvalue weighted by atomic mass is 10.1. The van der Waals surface area contributed by atoms with Crippen molar-refractivity contribution in [2.75, 3.05) is 18.0 Å². The molecule has 17 heavy (non-hydrogen) atoms. The number of anilines is 1. The van der Waals surface area contributed by atoms with Crippen molar-refractivity contribution in [3.8, 4) is 0 Å². The minimum atomic E-state index is -2.34. The summed E-state index contributed by atoms with van der Waals surface area (Å²) in [6.45, 7) is 0.710. The summed E-state index contributed by atoms with van der Waals surface area (Å²) in [5.41, 5.74) is 0.700. The minimum absolute atomic E-state index is 0.169. The summed E-state index contributed by atoms with van der Waals surface area (Å²) >= 11 is 0. The summed E-state index contributed by atoms with van der Waals surface area (Å²) in [4.78, 5) is 12.7. The van der Waals surface area contributed by atoms with Crippen LogP contribution in [0.1, 0.15) is 16.8 Å². The molecule has 1 fully saturated rings. The van der Waals surface area contributed by atoms with E-state index in [1.54, 1.807) is 23.1 Å². The van der Waals surface area contributed by atoms with Gasteiger partial charge in [0.15, 0.2) is 0 Å². The zero-order chi connectivity index (χ0) is 12.4. The van der Waals surface area contributed by atoms with Gasteiger partial charge in [0.1, 0.15) is 0 Å². The second-order valence-electron chi connectivity index (χ2n) is 4.15. The number of alkyl halides is 2. The van der Waals surface area contributed by atoms with Crippen molar-refractivity contribution in [2.24, 2.45) is 5.92 Å². The fraction of sp³-hybridized carbons (Fsp3) is 0.417. The van der Waals surface area contributed by atoms with Crippen molar-refractivity contribution in [1.82, 2.24) is 0 Å². The molecule has 1 aromatic carbocycles. The standard InChI is InChI=1S/C12H13F2NO2/c13-11(14)8-5-6-15(7-8)10-4-2-1-3-9(10)12(16)17/h1-4,8,11H,5-7H2,(H,16,17)/t8-/m0/s1. The molecule has 1 atom stereocenters. The first-order chi connectivity index (χ1) is 8.09. The van der Waals surface area contributed by atoms with E-state index in [4.69, 9.17) is 5.11 Å². The second kappa shape index (κ2) is 4.69. The number of rotatable bonds is 3. The van der Waals surface area contributed by atoms with Crippen LogP contribution in [0.15, 0.2) is 24.3 Å². The first-order valence-corrected chi connectivity index (χ1v) is 5.45. The molecule has 92 valence electrons. The number of carboxylic acid groups (broad SMARTS) is 1. The summed E-state index contributed by atoms with van der Waals surface area (Å²) in [7, 11) is 0. The Kier molecular flexibility index (Phi) is 3.26. The first kappa shape index (κ1) is 11.8. The normalized spacial score (nSPS) is 19.9. The van der Waals surface area contributed by atoms with E-state index >= 15 is 0 Å². The lowest BCUT2D eigenvalue weighted by molar-refractivity contribution is 0.0697. The van der Waals surface area contributed by atoms with E-state index in [9.17, 15) is 13.6 Å². The fourth-order valence-electron chi connectivity index (χ4n) is 2.14. The number of carboxylic acids is 1. The van der Waals surface area contributed by atoms with Crippen LogP contribution >= 0.6 is 0 Å². The molecule has 1 N–H and O–H groups in total. The van der Waals surface area contributed by atoms with Gasteiger partial charge in [0.05, 0.1) is 11.3 Å². The fourth-order valence-corrected chi connectivity index (χ4v) is 2.14. The van der Waals surface area contributed by atoms with Crippen LogP contribution in [0.2, 0.25) is 0 Å². The van der Waals surface area contributed by atoms with Gasteiger partial charge in [0.25, 0.3) is 0 Å².